The number of aromatic amines is 1. The molecule has 1 saturated heterocycles. The summed E-state index contributed by atoms with van der Waals surface area (Å²) in [4.78, 5) is 28.6. The van der Waals surface area contributed by atoms with Crippen molar-refractivity contribution in [2.75, 3.05) is 20.3 Å². The van der Waals surface area contributed by atoms with Gasteiger partial charge in [-0.25, -0.2) is 0 Å². The highest BCUT2D eigenvalue weighted by molar-refractivity contribution is 7.71. The number of nitrogens with zero attached hydrogens (tertiary/aromatic N) is 1. The number of rotatable bonds is 6. The standard InChI is InChI=1S/C22H23N3O4S/c1-28-19-7-3-2-5-15(19)13-25-21(27)17-9-8-14(11-18(17)24-22(25)30)20(26)23-12-16-6-4-10-29-16/h2-3,5,7-9,11,16H,4,6,10,12-13H2,1H3,(H,23,26)(H,24,30)/t16-/m1/s1. The van der Waals surface area contributed by atoms with Crippen LogP contribution in [0.4, 0.5) is 0 Å². The SMILES string of the molecule is COc1ccccc1Cn1c(=S)[nH]c2cc(C(=O)NC[C@H]3CCCO3)ccc2c1=O. The summed E-state index contributed by atoms with van der Waals surface area (Å²) in [6.45, 7) is 1.51. The number of amides is 1. The van der Waals surface area contributed by atoms with Crippen molar-refractivity contribution in [2.45, 2.75) is 25.5 Å². The molecule has 0 spiro atoms. The summed E-state index contributed by atoms with van der Waals surface area (Å²) in [6.07, 6.45) is 2.05. The molecule has 1 fully saturated rings. The first-order valence-corrected chi connectivity index (χ1v) is 10.3. The Morgan fingerprint density at radius 2 is 2.17 bits per heavy atom. The third-order valence-electron chi connectivity index (χ3n) is 5.28. The second-order valence-corrected chi connectivity index (χ2v) is 7.63. The van der Waals surface area contributed by atoms with Gasteiger partial charge in [-0.1, -0.05) is 18.2 Å². The number of H-pyrrole nitrogens is 1. The van der Waals surface area contributed by atoms with Crippen LogP contribution in [0.15, 0.2) is 47.3 Å². The van der Waals surface area contributed by atoms with E-state index in [0.29, 0.717) is 28.8 Å². The zero-order valence-corrected chi connectivity index (χ0v) is 17.5. The molecule has 1 aromatic heterocycles. The number of hydrogen-bond donors (Lipinski definition) is 2. The summed E-state index contributed by atoms with van der Waals surface area (Å²) < 4.78 is 12.7. The van der Waals surface area contributed by atoms with Gasteiger partial charge in [0.25, 0.3) is 11.5 Å². The van der Waals surface area contributed by atoms with E-state index in [9.17, 15) is 9.59 Å². The number of para-hydroxylation sites is 1. The van der Waals surface area contributed by atoms with E-state index in [2.05, 4.69) is 10.3 Å². The smallest absolute Gasteiger partial charge is 0.262 e. The van der Waals surface area contributed by atoms with Gasteiger partial charge in [0.2, 0.25) is 0 Å². The summed E-state index contributed by atoms with van der Waals surface area (Å²) in [5.41, 5.74) is 1.64. The number of aromatic nitrogens is 2. The summed E-state index contributed by atoms with van der Waals surface area (Å²) in [5.74, 6) is 0.488. The predicted molar refractivity (Wildman–Crippen MR) is 117 cm³/mol. The summed E-state index contributed by atoms with van der Waals surface area (Å²) in [7, 11) is 1.59. The van der Waals surface area contributed by atoms with E-state index < -0.39 is 0 Å². The maximum atomic E-state index is 13.1. The molecule has 0 unspecified atom stereocenters. The Kier molecular flexibility index (Phi) is 5.96. The Hall–Kier alpha value is -2.97. The minimum Gasteiger partial charge on any atom is -0.496 e. The number of ether oxygens (including phenoxy) is 2. The van der Waals surface area contributed by atoms with Crippen molar-refractivity contribution in [2.24, 2.45) is 0 Å². The van der Waals surface area contributed by atoms with Gasteiger partial charge in [0, 0.05) is 24.3 Å². The lowest BCUT2D eigenvalue weighted by Gasteiger charge is -2.13. The van der Waals surface area contributed by atoms with Crippen LogP contribution in [0.25, 0.3) is 10.9 Å². The van der Waals surface area contributed by atoms with Gasteiger partial charge in [-0.05, 0) is 49.3 Å². The fourth-order valence-corrected chi connectivity index (χ4v) is 3.91. The lowest BCUT2D eigenvalue weighted by Crippen LogP contribution is -2.31. The lowest BCUT2D eigenvalue weighted by molar-refractivity contribution is 0.0858. The van der Waals surface area contributed by atoms with Crippen LogP contribution in [0.1, 0.15) is 28.8 Å². The number of carbonyl (C=O) groups is 1. The van der Waals surface area contributed by atoms with Crippen molar-refractivity contribution < 1.29 is 14.3 Å². The molecule has 7 nitrogen and oxygen atoms in total. The van der Waals surface area contributed by atoms with Crippen molar-refractivity contribution in [1.82, 2.24) is 14.9 Å². The molecule has 0 radical (unpaired) electrons. The molecule has 4 rings (SSSR count). The van der Waals surface area contributed by atoms with Crippen molar-refractivity contribution in [3.05, 3.63) is 68.7 Å². The van der Waals surface area contributed by atoms with Crippen LogP contribution in [0.3, 0.4) is 0 Å². The van der Waals surface area contributed by atoms with E-state index in [1.165, 1.54) is 4.57 Å². The molecular formula is C22H23N3O4S. The van der Waals surface area contributed by atoms with Gasteiger partial charge < -0.3 is 19.8 Å². The Morgan fingerprint density at radius 3 is 2.93 bits per heavy atom. The molecule has 1 amide bonds. The van der Waals surface area contributed by atoms with Gasteiger partial charge in [-0.3, -0.25) is 14.2 Å². The van der Waals surface area contributed by atoms with Crippen LogP contribution in [-0.4, -0.2) is 41.8 Å². The number of carbonyl (C=O) groups excluding carboxylic acids is 1. The van der Waals surface area contributed by atoms with Crippen molar-refractivity contribution in [1.29, 1.82) is 0 Å². The molecule has 1 aliphatic rings. The minimum atomic E-state index is -0.217. The normalized spacial score (nSPS) is 16.0. The highest BCUT2D eigenvalue weighted by Crippen LogP contribution is 2.19. The Balaban J connectivity index is 1.61. The molecule has 2 heterocycles. The van der Waals surface area contributed by atoms with Gasteiger partial charge in [0.1, 0.15) is 5.75 Å². The number of methoxy groups -OCH3 is 1. The zero-order valence-electron chi connectivity index (χ0n) is 16.6. The average Bonchev–Trinajstić information content (AvgIpc) is 3.28. The molecule has 2 aromatic carbocycles. The predicted octanol–water partition coefficient (Wildman–Crippen LogP) is 3.02. The first kappa shape index (κ1) is 20.3. The van der Waals surface area contributed by atoms with Crippen LogP contribution in [0.5, 0.6) is 5.75 Å². The van der Waals surface area contributed by atoms with Gasteiger partial charge >= 0.3 is 0 Å². The van der Waals surface area contributed by atoms with Crippen LogP contribution in [-0.2, 0) is 11.3 Å². The van der Waals surface area contributed by atoms with Crippen molar-refractivity contribution in [3.63, 3.8) is 0 Å². The lowest BCUT2D eigenvalue weighted by atomic mass is 10.1. The Morgan fingerprint density at radius 1 is 1.33 bits per heavy atom. The molecule has 1 aliphatic heterocycles. The number of hydrogen-bond acceptors (Lipinski definition) is 5. The van der Waals surface area contributed by atoms with Gasteiger partial charge in [-0.15, -0.1) is 0 Å². The third-order valence-corrected chi connectivity index (χ3v) is 5.60. The Labute approximate surface area is 178 Å². The number of benzene rings is 2. The van der Waals surface area contributed by atoms with Gasteiger partial charge in [0.05, 0.1) is 30.7 Å². The minimum absolute atomic E-state index is 0.0717. The average molecular weight is 426 g/mol. The van der Waals surface area contributed by atoms with Crippen LogP contribution < -0.4 is 15.6 Å². The van der Waals surface area contributed by atoms with E-state index in [0.717, 1.165) is 25.0 Å². The largest absolute Gasteiger partial charge is 0.496 e. The van der Waals surface area contributed by atoms with E-state index in [1.54, 1.807) is 25.3 Å². The molecule has 156 valence electrons. The third kappa shape index (κ3) is 4.15. The number of fused-ring (bicyclic) bond motifs is 1. The maximum Gasteiger partial charge on any atom is 0.262 e. The van der Waals surface area contributed by atoms with Crippen molar-refractivity contribution >= 4 is 29.0 Å². The summed E-state index contributed by atoms with van der Waals surface area (Å²) in [6, 6.07) is 12.5. The first-order valence-electron chi connectivity index (χ1n) is 9.85. The second kappa shape index (κ2) is 8.81. The zero-order chi connectivity index (χ0) is 21.1. The fraction of sp³-hybridized carbons (Fsp3) is 0.318. The molecular weight excluding hydrogens is 402 g/mol. The van der Waals surface area contributed by atoms with E-state index in [4.69, 9.17) is 21.7 Å². The quantitative estimate of drug-likeness (QED) is 0.593. The molecule has 2 N–H and O–H groups in total. The fourth-order valence-electron chi connectivity index (χ4n) is 3.66. The van der Waals surface area contributed by atoms with Crippen LogP contribution >= 0.6 is 12.2 Å². The second-order valence-electron chi connectivity index (χ2n) is 7.24. The van der Waals surface area contributed by atoms with Crippen LogP contribution in [0, 0.1) is 4.77 Å². The summed E-state index contributed by atoms with van der Waals surface area (Å²) >= 11 is 5.43. The topological polar surface area (TPSA) is 85.3 Å². The van der Waals surface area contributed by atoms with Gasteiger partial charge in [0.15, 0.2) is 4.77 Å². The number of nitrogens with one attached hydrogen (secondary N) is 2. The highest BCUT2D eigenvalue weighted by Gasteiger charge is 2.17. The molecule has 30 heavy (non-hydrogen) atoms. The van der Waals surface area contributed by atoms with Gasteiger partial charge in [-0.2, -0.15) is 0 Å². The molecule has 0 bridgehead atoms. The monoisotopic (exact) mass is 425 g/mol. The summed E-state index contributed by atoms with van der Waals surface area (Å²) in [5, 5.41) is 3.36. The van der Waals surface area contributed by atoms with E-state index in [1.807, 2.05) is 24.3 Å². The molecule has 0 aliphatic carbocycles. The molecule has 1 atom stereocenters. The highest BCUT2D eigenvalue weighted by atomic mass is 32.1. The van der Waals surface area contributed by atoms with Crippen LogP contribution in [0.2, 0.25) is 0 Å². The van der Waals surface area contributed by atoms with E-state index >= 15 is 0 Å². The first-order chi connectivity index (χ1) is 14.6. The van der Waals surface area contributed by atoms with Crippen molar-refractivity contribution in [3.8, 4) is 5.75 Å². The molecule has 0 saturated carbocycles. The molecule has 3 aromatic rings. The molecule has 8 heteroatoms. The van der Waals surface area contributed by atoms with E-state index in [-0.39, 0.29) is 28.9 Å². The Bertz CT molecular complexity index is 1190. The maximum absolute atomic E-state index is 13.1.